The summed E-state index contributed by atoms with van der Waals surface area (Å²) in [6.07, 6.45) is 1.51. The first-order chi connectivity index (χ1) is 16.1. The largest absolute Gasteiger partial charge is 0.486 e. The first-order valence-corrected chi connectivity index (χ1v) is 12.1. The second kappa shape index (κ2) is 9.27. The molecular weight excluding hydrogens is 436 g/mol. The molecule has 6 nitrogen and oxygen atoms in total. The fraction of sp³-hybridized carbons (Fsp3) is 0.308. The van der Waals surface area contributed by atoms with Gasteiger partial charge in [0.15, 0.2) is 11.5 Å². The highest BCUT2D eigenvalue weighted by molar-refractivity contribution is 7.17. The minimum atomic E-state index is -0.0415. The SMILES string of the molecule is Cc1ccccc1C(=O)NC1CCN(C(=O)c2ccc(-c3ccc4c(c3)OCCO4)s2)CC1. The van der Waals surface area contributed by atoms with E-state index in [0.29, 0.717) is 31.9 Å². The topological polar surface area (TPSA) is 67.9 Å². The normalized spacial score (nSPS) is 15.8. The van der Waals surface area contributed by atoms with Gasteiger partial charge in [-0.25, -0.2) is 0 Å². The fourth-order valence-corrected chi connectivity index (χ4v) is 5.25. The van der Waals surface area contributed by atoms with Crippen molar-refractivity contribution in [1.29, 1.82) is 0 Å². The quantitative estimate of drug-likeness (QED) is 0.619. The van der Waals surface area contributed by atoms with E-state index in [1.54, 1.807) is 0 Å². The number of nitrogens with one attached hydrogen (secondary N) is 1. The van der Waals surface area contributed by atoms with Gasteiger partial charge in [0.2, 0.25) is 0 Å². The molecule has 0 aliphatic carbocycles. The van der Waals surface area contributed by atoms with Gasteiger partial charge in [0.1, 0.15) is 13.2 Å². The maximum atomic E-state index is 13.1. The molecule has 3 aromatic rings. The first kappa shape index (κ1) is 21.5. The number of carbonyl (C=O) groups excluding carboxylic acids is 2. The molecule has 0 spiro atoms. The van der Waals surface area contributed by atoms with Gasteiger partial charge in [-0.15, -0.1) is 11.3 Å². The summed E-state index contributed by atoms with van der Waals surface area (Å²) in [6, 6.07) is 17.4. The molecule has 2 aliphatic heterocycles. The van der Waals surface area contributed by atoms with Gasteiger partial charge in [-0.2, -0.15) is 0 Å². The van der Waals surface area contributed by atoms with Gasteiger partial charge in [0, 0.05) is 29.6 Å². The molecule has 0 saturated carbocycles. The minimum absolute atomic E-state index is 0.0415. The van der Waals surface area contributed by atoms with Gasteiger partial charge in [-0.1, -0.05) is 18.2 Å². The number of fused-ring (bicyclic) bond motifs is 1. The Bertz CT molecular complexity index is 1180. The van der Waals surface area contributed by atoms with E-state index in [-0.39, 0.29) is 17.9 Å². The molecular formula is C26H26N2O4S. The van der Waals surface area contributed by atoms with Crippen molar-refractivity contribution >= 4 is 23.2 Å². The van der Waals surface area contributed by atoms with Crippen molar-refractivity contribution in [2.24, 2.45) is 0 Å². The van der Waals surface area contributed by atoms with E-state index < -0.39 is 0 Å². The van der Waals surface area contributed by atoms with Crippen LogP contribution >= 0.6 is 11.3 Å². The molecule has 0 radical (unpaired) electrons. The summed E-state index contributed by atoms with van der Waals surface area (Å²) in [5.74, 6) is 1.51. The highest BCUT2D eigenvalue weighted by atomic mass is 32.1. The van der Waals surface area contributed by atoms with Crippen LogP contribution in [-0.4, -0.2) is 49.1 Å². The van der Waals surface area contributed by atoms with Gasteiger partial charge < -0.3 is 19.7 Å². The van der Waals surface area contributed by atoms with Crippen molar-refractivity contribution in [3.8, 4) is 21.9 Å². The molecule has 2 aromatic carbocycles. The average Bonchev–Trinajstić information content (AvgIpc) is 3.34. The predicted molar refractivity (Wildman–Crippen MR) is 128 cm³/mol. The molecule has 3 heterocycles. The van der Waals surface area contributed by atoms with E-state index in [4.69, 9.17) is 9.47 Å². The zero-order valence-electron chi connectivity index (χ0n) is 18.5. The number of benzene rings is 2. The molecule has 33 heavy (non-hydrogen) atoms. The van der Waals surface area contributed by atoms with E-state index >= 15 is 0 Å². The Kier molecular flexibility index (Phi) is 6.05. The van der Waals surface area contributed by atoms with Gasteiger partial charge in [-0.3, -0.25) is 9.59 Å². The number of hydrogen-bond donors (Lipinski definition) is 1. The molecule has 5 rings (SSSR count). The third-order valence-electron chi connectivity index (χ3n) is 6.15. The van der Waals surface area contributed by atoms with Crippen molar-refractivity contribution < 1.29 is 19.1 Å². The predicted octanol–water partition coefficient (Wildman–Crippen LogP) is 4.53. The van der Waals surface area contributed by atoms with Crippen LogP contribution in [-0.2, 0) is 0 Å². The zero-order chi connectivity index (χ0) is 22.8. The van der Waals surface area contributed by atoms with Crippen molar-refractivity contribution in [3.63, 3.8) is 0 Å². The number of piperidine rings is 1. The number of aryl methyl sites for hydroxylation is 1. The third-order valence-corrected chi connectivity index (χ3v) is 7.27. The Morgan fingerprint density at radius 2 is 1.73 bits per heavy atom. The van der Waals surface area contributed by atoms with Crippen LogP contribution in [0, 0.1) is 6.92 Å². The lowest BCUT2D eigenvalue weighted by Gasteiger charge is -2.32. The number of carbonyl (C=O) groups is 2. The maximum Gasteiger partial charge on any atom is 0.263 e. The molecule has 1 fully saturated rings. The lowest BCUT2D eigenvalue weighted by Crippen LogP contribution is -2.46. The van der Waals surface area contributed by atoms with Gasteiger partial charge >= 0.3 is 0 Å². The van der Waals surface area contributed by atoms with Crippen LogP contribution in [0.15, 0.2) is 54.6 Å². The Morgan fingerprint density at radius 1 is 0.970 bits per heavy atom. The van der Waals surface area contributed by atoms with E-state index in [0.717, 1.165) is 45.2 Å². The van der Waals surface area contributed by atoms with Crippen molar-refractivity contribution in [2.75, 3.05) is 26.3 Å². The number of thiophene rings is 1. The minimum Gasteiger partial charge on any atom is -0.486 e. The molecule has 0 atom stereocenters. The van der Waals surface area contributed by atoms with Crippen LogP contribution in [0.25, 0.3) is 10.4 Å². The standard InChI is InChI=1S/C26H26N2O4S/c1-17-4-2-3-5-20(17)25(29)27-19-10-12-28(13-11-19)26(30)24-9-8-23(33-24)18-6-7-21-22(16-18)32-15-14-31-21/h2-9,16,19H,10-15H2,1H3,(H,27,29). The van der Waals surface area contributed by atoms with Crippen LogP contribution in [0.2, 0.25) is 0 Å². The molecule has 2 aliphatic rings. The third kappa shape index (κ3) is 4.59. The summed E-state index contributed by atoms with van der Waals surface area (Å²) in [7, 11) is 0. The Labute approximate surface area is 197 Å². The molecule has 0 unspecified atom stereocenters. The van der Waals surface area contributed by atoms with Crippen LogP contribution in [0.1, 0.15) is 38.4 Å². The summed E-state index contributed by atoms with van der Waals surface area (Å²) in [6.45, 7) is 4.32. The van der Waals surface area contributed by atoms with E-state index in [1.165, 1.54) is 11.3 Å². The Hall–Kier alpha value is -3.32. The summed E-state index contributed by atoms with van der Waals surface area (Å²) in [5, 5.41) is 3.13. The Morgan fingerprint density at radius 3 is 2.52 bits per heavy atom. The lowest BCUT2D eigenvalue weighted by molar-refractivity contribution is 0.0702. The molecule has 2 amide bonds. The van der Waals surface area contributed by atoms with Crippen LogP contribution in [0.5, 0.6) is 11.5 Å². The molecule has 170 valence electrons. The van der Waals surface area contributed by atoms with Crippen LogP contribution in [0.3, 0.4) is 0 Å². The van der Waals surface area contributed by atoms with E-state index in [9.17, 15) is 9.59 Å². The number of ether oxygens (including phenoxy) is 2. The number of amides is 2. The molecule has 7 heteroatoms. The van der Waals surface area contributed by atoms with E-state index in [2.05, 4.69) is 5.32 Å². The number of likely N-dealkylation sites (tertiary alicyclic amines) is 1. The Balaban J connectivity index is 1.19. The summed E-state index contributed by atoms with van der Waals surface area (Å²) < 4.78 is 11.3. The van der Waals surface area contributed by atoms with E-state index in [1.807, 2.05) is 66.4 Å². The molecule has 0 bridgehead atoms. The van der Waals surface area contributed by atoms with Gasteiger partial charge in [0.25, 0.3) is 11.8 Å². The first-order valence-electron chi connectivity index (χ1n) is 11.2. The van der Waals surface area contributed by atoms with Gasteiger partial charge in [0.05, 0.1) is 4.88 Å². The highest BCUT2D eigenvalue weighted by Gasteiger charge is 2.26. The zero-order valence-corrected chi connectivity index (χ0v) is 19.3. The van der Waals surface area contributed by atoms with Crippen molar-refractivity contribution in [1.82, 2.24) is 10.2 Å². The second-order valence-electron chi connectivity index (χ2n) is 8.38. The fourth-order valence-electron chi connectivity index (χ4n) is 4.28. The summed E-state index contributed by atoms with van der Waals surface area (Å²) in [4.78, 5) is 29.3. The van der Waals surface area contributed by atoms with Crippen molar-refractivity contribution in [2.45, 2.75) is 25.8 Å². The van der Waals surface area contributed by atoms with Crippen LogP contribution in [0.4, 0.5) is 0 Å². The molecule has 1 saturated heterocycles. The smallest absolute Gasteiger partial charge is 0.263 e. The summed E-state index contributed by atoms with van der Waals surface area (Å²) in [5.41, 5.74) is 2.69. The van der Waals surface area contributed by atoms with Gasteiger partial charge in [-0.05, 0) is 67.3 Å². The van der Waals surface area contributed by atoms with Crippen molar-refractivity contribution in [3.05, 3.63) is 70.6 Å². The average molecular weight is 463 g/mol. The number of nitrogens with zero attached hydrogens (tertiary/aromatic N) is 1. The monoisotopic (exact) mass is 462 g/mol. The number of rotatable bonds is 4. The lowest BCUT2D eigenvalue weighted by atomic mass is 10.0. The molecule has 1 aromatic heterocycles. The maximum absolute atomic E-state index is 13.1. The molecule has 1 N–H and O–H groups in total. The number of hydrogen-bond acceptors (Lipinski definition) is 5. The summed E-state index contributed by atoms with van der Waals surface area (Å²) >= 11 is 1.49. The van der Waals surface area contributed by atoms with Crippen LogP contribution < -0.4 is 14.8 Å². The second-order valence-corrected chi connectivity index (χ2v) is 9.46. The highest BCUT2D eigenvalue weighted by Crippen LogP contribution is 2.37.